The molecule has 0 amide bonds. The molecule has 0 N–H and O–H groups in total. The largest absolute Gasteiger partial charge is 0.295 e. The van der Waals surface area contributed by atoms with Crippen LogP contribution in [0.4, 0.5) is 4.39 Å². The average Bonchev–Trinajstić information content (AvgIpc) is 2.27. The minimum Gasteiger partial charge on any atom is -0.295 e. The van der Waals surface area contributed by atoms with Crippen LogP contribution in [-0.2, 0) is 0 Å². The van der Waals surface area contributed by atoms with E-state index in [-0.39, 0.29) is 5.41 Å². The maximum absolute atomic E-state index is 12.8. The number of halogens is 1. The van der Waals surface area contributed by atoms with Crippen molar-refractivity contribution in [2.45, 2.75) is 57.7 Å². The molecule has 1 saturated heterocycles. The van der Waals surface area contributed by atoms with Crippen molar-refractivity contribution in [1.82, 2.24) is 4.90 Å². The molecule has 0 aromatic rings. The number of likely N-dealkylation sites (tertiary alicyclic amines) is 1. The van der Waals surface area contributed by atoms with Gasteiger partial charge in [0.2, 0.25) is 0 Å². The quantitative estimate of drug-likeness (QED) is 0.737. The Morgan fingerprint density at radius 1 is 1.38 bits per heavy atom. The molecule has 1 aliphatic heterocycles. The Kier molecular flexibility index (Phi) is 3.49. The first-order valence-corrected chi connectivity index (χ1v) is 6.44. The predicted octanol–water partition coefficient (Wildman–Crippen LogP) is 2.89. The highest BCUT2D eigenvalue weighted by atomic mass is 19.1. The summed E-state index contributed by atoms with van der Waals surface area (Å²) in [6.45, 7) is 3.48. The molecule has 1 aliphatic carbocycles. The zero-order valence-electron chi connectivity index (χ0n) is 10.1. The van der Waals surface area contributed by atoms with Crippen molar-refractivity contribution in [3.63, 3.8) is 0 Å². The first-order chi connectivity index (χ1) is 7.69. The fourth-order valence-corrected chi connectivity index (χ4v) is 3.16. The van der Waals surface area contributed by atoms with Crippen LogP contribution >= 0.6 is 0 Å². The first kappa shape index (κ1) is 11.9. The van der Waals surface area contributed by atoms with Gasteiger partial charge in [0, 0.05) is 25.6 Å². The number of alkyl halides is 1. The van der Waals surface area contributed by atoms with Crippen molar-refractivity contribution in [1.29, 1.82) is 5.26 Å². The molecule has 2 nitrogen and oxygen atoms in total. The van der Waals surface area contributed by atoms with Gasteiger partial charge in [-0.25, -0.2) is 4.39 Å². The number of hydrogen-bond donors (Lipinski definition) is 0. The van der Waals surface area contributed by atoms with E-state index in [0.717, 1.165) is 32.1 Å². The van der Waals surface area contributed by atoms with Gasteiger partial charge in [-0.15, -0.1) is 0 Å². The molecule has 1 saturated carbocycles. The summed E-state index contributed by atoms with van der Waals surface area (Å²) >= 11 is 0. The molecule has 0 unspecified atom stereocenters. The van der Waals surface area contributed by atoms with Crippen LogP contribution < -0.4 is 0 Å². The normalized spacial score (nSPS) is 36.7. The highest BCUT2D eigenvalue weighted by Crippen LogP contribution is 2.43. The highest BCUT2D eigenvalue weighted by molar-refractivity contribution is 4.96. The number of nitrogens with zero attached hydrogens (tertiary/aromatic N) is 2. The third-order valence-corrected chi connectivity index (χ3v) is 4.60. The molecule has 2 aliphatic rings. The van der Waals surface area contributed by atoms with E-state index in [1.54, 1.807) is 0 Å². The fourth-order valence-electron chi connectivity index (χ4n) is 3.16. The Morgan fingerprint density at radius 2 is 2.00 bits per heavy atom. The zero-order valence-corrected chi connectivity index (χ0v) is 10.1. The van der Waals surface area contributed by atoms with Gasteiger partial charge in [0.1, 0.15) is 6.17 Å². The number of hydrogen-bond acceptors (Lipinski definition) is 2. The maximum Gasteiger partial charge on any atom is 0.125 e. The molecule has 16 heavy (non-hydrogen) atoms. The van der Waals surface area contributed by atoms with Gasteiger partial charge in [0.15, 0.2) is 0 Å². The van der Waals surface area contributed by atoms with Crippen LogP contribution in [0, 0.1) is 16.7 Å². The molecule has 0 aromatic heterocycles. The van der Waals surface area contributed by atoms with Crippen molar-refractivity contribution >= 4 is 0 Å². The van der Waals surface area contributed by atoms with E-state index < -0.39 is 6.17 Å². The summed E-state index contributed by atoms with van der Waals surface area (Å²) in [5.41, 5.74) is 0.269. The lowest BCUT2D eigenvalue weighted by Gasteiger charge is -2.46. The second-order valence-corrected chi connectivity index (χ2v) is 5.47. The minimum atomic E-state index is -0.586. The number of nitriles is 1. The monoisotopic (exact) mass is 224 g/mol. The molecule has 3 heteroatoms. The Bertz CT molecular complexity index is 270. The van der Waals surface area contributed by atoms with Crippen LogP contribution in [0.5, 0.6) is 0 Å². The SMILES string of the molecule is CCC1(CC#N)CCC(N2CC(F)C2)CC1. The summed E-state index contributed by atoms with van der Waals surface area (Å²) in [5.74, 6) is 0. The van der Waals surface area contributed by atoms with Gasteiger partial charge in [-0.1, -0.05) is 6.92 Å². The van der Waals surface area contributed by atoms with Crippen LogP contribution in [-0.4, -0.2) is 30.2 Å². The third kappa shape index (κ3) is 2.22. The molecule has 0 atom stereocenters. The van der Waals surface area contributed by atoms with E-state index in [2.05, 4.69) is 17.9 Å². The first-order valence-electron chi connectivity index (χ1n) is 6.44. The molecule has 1 heterocycles. The summed E-state index contributed by atoms with van der Waals surface area (Å²) < 4.78 is 12.8. The van der Waals surface area contributed by atoms with Gasteiger partial charge >= 0.3 is 0 Å². The zero-order chi connectivity index (χ0) is 11.6. The molecule has 2 fully saturated rings. The van der Waals surface area contributed by atoms with E-state index in [4.69, 9.17) is 5.26 Å². The van der Waals surface area contributed by atoms with Gasteiger partial charge < -0.3 is 0 Å². The molecular weight excluding hydrogens is 203 g/mol. The molecule has 0 spiro atoms. The Balaban J connectivity index is 1.84. The summed E-state index contributed by atoms with van der Waals surface area (Å²) in [5, 5.41) is 8.87. The Morgan fingerprint density at radius 3 is 2.44 bits per heavy atom. The van der Waals surface area contributed by atoms with Crippen molar-refractivity contribution < 1.29 is 4.39 Å². The predicted molar refractivity (Wildman–Crippen MR) is 61.7 cm³/mol. The second kappa shape index (κ2) is 4.71. The average molecular weight is 224 g/mol. The maximum atomic E-state index is 12.8. The topological polar surface area (TPSA) is 27.0 Å². The van der Waals surface area contributed by atoms with Crippen molar-refractivity contribution in [2.75, 3.05) is 13.1 Å². The van der Waals surface area contributed by atoms with Gasteiger partial charge in [-0.3, -0.25) is 4.90 Å². The van der Waals surface area contributed by atoms with Crippen LogP contribution in [0.2, 0.25) is 0 Å². The number of rotatable bonds is 3. The lowest BCUT2D eigenvalue weighted by atomic mass is 9.68. The van der Waals surface area contributed by atoms with E-state index in [9.17, 15) is 4.39 Å². The standard InChI is InChI=1S/C13H21FN2/c1-2-13(7-8-15)5-3-12(4-6-13)16-9-11(14)10-16/h11-12H,2-7,9-10H2,1H3. The molecule has 2 rings (SSSR count). The molecule has 90 valence electrons. The molecular formula is C13H21FN2. The Hall–Kier alpha value is -0.620. The van der Waals surface area contributed by atoms with Crippen LogP contribution in [0.1, 0.15) is 45.4 Å². The summed E-state index contributed by atoms with van der Waals surface area (Å²) in [6.07, 6.45) is 5.83. The second-order valence-electron chi connectivity index (χ2n) is 5.47. The van der Waals surface area contributed by atoms with E-state index in [1.165, 1.54) is 0 Å². The van der Waals surface area contributed by atoms with E-state index in [1.807, 2.05) is 0 Å². The summed E-state index contributed by atoms with van der Waals surface area (Å²) in [6, 6.07) is 2.92. The smallest absolute Gasteiger partial charge is 0.125 e. The summed E-state index contributed by atoms with van der Waals surface area (Å²) in [4.78, 5) is 2.27. The van der Waals surface area contributed by atoms with Crippen molar-refractivity contribution in [3.8, 4) is 6.07 Å². The van der Waals surface area contributed by atoms with E-state index >= 15 is 0 Å². The fraction of sp³-hybridized carbons (Fsp3) is 0.923. The van der Waals surface area contributed by atoms with Crippen LogP contribution in [0.15, 0.2) is 0 Å². The highest BCUT2D eigenvalue weighted by Gasteiger charge is 2.39. The van der Waals surface area contributed by atoms with Crippen molar-refractivity contribution in [3.05, 3.63) is 0 Å². The Labute approximate surface area is 97.4 Å². The van der Waals surface area contributed by atoms with E-state index in [0.29, 0.717) is 25.6 Å². The third-order valence-electron chi connectivity index (χ3n) is 4.60. The molecule has 0 radical (unpaired) electrons. The van der Waals surface area contributed by atoms with Gasteiger partial charge in [0.05, 0.1) is 6.07 Å². The van der Waals surface area contributed by atoms with Gasteiger partial charge in [0.25, 0.3) is 0 Å². The van der Waals surface area contributed by atoms with Crippen LogP contribution in [0.3, 0.4) is 0 Å². The lowest BCUT2D eigenvalue weighted by molar-refractivity contribution is -0.00491. The van der Waals surface area contributed by atoms with Gasteiger partial charge in [-0.05, 0) is 37.5 Å². The molecule has 0 aromatic carbocycles. The minimum absolute atomic E-state index is 0.269. The van der Waals surface area contributed by atoms with Crippen LogP contribution in [0.25, 0.3) is 0 Å². The molecule has 0 bridgehead atoms. The summed E-state index contributed by atoms with van der Waals surface area (Å²) in [7, 11) is 0. The van der Waals surface area contributed by atoms with Crippen molar-refractivity contribution in [2.24, 2.45) is 5.41 Å². The lowest BCUT2D eigenvalue weighted by Crippen LogP contribution is -2.54. The van der Waals surface area contributed by atoms with Gasteiger partial charge in [-0.2, -0.15) is 5.26 Å².